The highest BCUT2D eigenvalue weighted by Gasteiger charge is 2.27. The third kappa shape index (κ3) is 5.34. The van der Waals surface area contributed by atoms with Crippen molar-refractivity contribution in [2.24, 2.45) is 0 Å². The Balaban J connectivity index is 1.87. The van der Waals surface area contributed by atoms with Gasteiger partial charge in [-0.3, -0.25) is 14.1 Å². The molecule has 0 spiro atoms. The molecule has 29 heavy (non-hydrogen) atoms. The molecule has 0 aliphatic rings. The van der Waals surface area contributed by atoms with Crippen molar-refractivity contribution in [1.82, 2.24) is 10.3 Å². The van der Waals surface area contributed by atoms with Crippen LogP contribution in [0.1, 0.15) is 11.3 Å². The molecule has 0 aliphatic heterocycles. The monoisotopic (exact) mass is 429 g/mol. The lowest BCUT2D eigenvalue weighted by Crippen LogP contribution is -2.40. The van der Waals surface area contributed by atoms with Gasteiger partial charge in [0.05, 0.1) is 22.8 Å². The van der Waals surface area contributed by atoms with E-state index >= 15 is 0 Å². The van der Waals surface area contributed by atoms with Crippen LogP contribution in [0.15, 0.2) is 77.8 Å². The van der Waals surface area contributed by atoms with Crippen molar-refractivity contribution < 1.29 is 13.2 Å². The molecule has 0 aliphatic carbocycles. The zero-order valence-corrected chi connectivity index (χ0v) is 17.3. The van der Waals surface area contributed by atoms with Gasteiger partial charge >= 0.3 is 0 Å². The first-order valence-corrected chi connectivity index (χ1v) is 10.7. The van der Waals surface area contributed by atoms with Gasteiger partial charge in [0.25, 0.3) is 10.0 Å². The topological polar surface area (TPSA) is 79.4 Å². The fourth-order valence-electron chi connectivity index (χ4n) is 2.71. The molecular weight excluding hydrogens is 410 g/mol. The van der Waals surface area contributed by atoms with E-state index < -0.39 is 15.9 Å². The number of sulfonamides is 1. The summed E-state index contributed by atoms with van der Waals surface area (Å²) in [7, 11) is -3.97. The number of anilines is 1. The summed E-state index contributed by atoms with van der Waals surface area (Å²) >= 11 is 5.88. The summed E-state index contributed by atoms with van der Waals surface area (Å²) in [6, 6.07) is 18.2. The van der Waals surface area contributed by atoms with Gasteiger partial charge in [0, 0.05) is 11.2 Å². The number of carbonyl (C=O) groups is 1. The molecule has 0 fully saturated rings. The number of aromatic nitrogens is 1. The second-order valence-corrected chi connectivity index (χ2v) is 8.70. The number of aryl methyl sites for hydroxylation is 1. The van der Waals surface area contributed by atoms with Crippen LogP contribution in [0, 0.1) is 6.92 Å². The van der Waals surface area contributed by atoms with Crippen molar-refractivity contribution in [3.8, 4) is 0 Å². The molecule has 3 aromatic rings. The summed E-state index contributed by atoms with van der Waals surface area (Å²) in [5.74, 6) is -0.435. The smallest absolute Gasteiger partial charge is 0.264 e. The maximum Gasteiger partial charge on any atom is 0.264 e. The summed E-state index contributed by atoms with van der Waals surface area (Å²) in [6.45, 7) is 1.71. The van der Waals surface area contributed by atoms with E-state index in [2.05, 4.69) is 10.3 Å². The van der Waals surface area contributed by atoms with Crippen LogP contribution in [0.5, 0.6) is 0 Å². The summed E-state index contributed by atoms with van der Waals surface area (Å²) in [6.07, 6.45) is 1.63. The minimum Gasteiger partial charge on any atom is -0.349 e. The number of nitrogens with zero attached hydrogens (tertiary/aromatic N) is 2. The van der Waals surface area contributed by atoms with E-state index in [1.54, 1.807) is 36.5 Å². The zero-order valence-electron chi connectivity index (χ0n) is 15.7. The molecular formula is C21H20ClN3O3S. The molecule has 2 aromatic carbocycles. The third-order valence-electron chi connectivity index (χ3n) is 4.17. The van der Waals surface area contributed by atoms with Crippen molar-refractivity contribution in [2.45, 2.75) is 18.4 Å². The standard InChI is InChI=1S/C21H20ClN3O3S/c1-16-5-4-7-19(13-16)25(29(27,28)20-10-8-17(22)9-11-20)15-21(26)24-14-18-6-2-3-12-23-18/h2-13H,14-15H2,1H3,(H,24,26). The number of carbonyl (C=O) groups excluding carboxylic acids is 1. The quantitative estimate of drug-likeness (QED) is 0.622. The van der Waals surface area contributed by atoms with E-state index in [4.69, 9.17) is 11.6 Å². The molecule has 0 unspecified atom stereocenters. The highest BCUT2D eigenvalue weighted by molar-refractivity contribution is 7.92. The van der Waals surface area contributed by atoms with Gasteiger partial charge in [0.1, 0.15) is 6.54 Å². The van der Waals surface area contributed by atoms with Gasteiger partial charge in [0.2, 0.25) is 5.91 Å². The molecule has 0 saturated carbocycles. The van der Waals surface area contributed by atoms with Gasteiger partial charge in [-0.15, -0.1) is 0 Å². The number of hydrogen-bond donors (Lipinski definition) is 1. The van der Waals surface area contributed by atoms with Crippen LogP contribution < -0.4 is 9.62 Å². The predicted octanol–water partition coefficient (Wildman–Crippen LogP) is 3.56. The van der Waals surface area contributed by atoms with E-state index in [0.29, 0.717) is 16.4 Å². The first kappa shape index (κ1) is 20.8. The Hall–Kier alpha value is -2.90. The molecule has 150 valence electrons. The number of amides is 1. The van der Waals surface area contributed by atoms with E-state index in [-0.39, 0.29) is 18.0 Å². The van der Waals surface area contributed by atoms with Gasteiger partial charge in [-0.2, -0.15) is 0 Å². The summed E-state index contributed by atoms with van der Waals surface area (Å²) in [4.78, 5) is 16.8. The number of halogens is 1. The molecule has 8 heteroatoms. The third-order valence-corrected chi connectivity index (χ3v) is 6.21. The number of hydrogen-bond acceptors (Lipinski definition) is 4. The summed E-state index contributed by atoms with van der Waals surface area (Å²) < 4.78 is 27.6. The lowest BCUT2D eigenvalue weighted by atomic mass is 10.2. The Morgan fingerprint density at radius 2 is 1.83 bits per heavy atom. The first-order valence-electron chi connectivity index (χ1n) is 8.88. The lowest BCUT2D eigenvalue weighted by molar-refractivity contribution is -0.119. The fraction of sp³-hybridized carbons (Fsp3) is 0.143. The van der Waals surface area contributed by atoms with Crippen LogP contribution in [0.2, 0.25) is 5.02 Å². The molecule has 0 saturated heterocycles. The molecule has 6 nitrogen and oxygen atoms in total. The lowest BCUT2D eigenvalue weighted by Gasteiger charge is -2.24. The molecule has 0 bridgehead atoms. The van der Waals surface area contributed by atoms with Crippen LogP contribution >= 0.6 is 11.6 Å². The van der Waals surface area contributed by atoms with E-state index in [0.717, 1.165) is 9.87 Å². The van der Waals surface area contributed by atoms with Crippen LogP contribution in [0.4, 0.5) is 5.69 Å². The van der Waals surface area contributed by atoms with Crippen molar-refractivity contribution in [2.75, 3.05) is 10.8 Å². The van der Waals surface area contributed by atoms with E-state index in [1.807, 2.05) is 19.1 Å². The predicted molar refractivity (Wildman–Crippen MR) is 113 cm³/mol. The Morgan fingerprint density at radius 1 is 1.07 bits per heavy atom. The van der Waals surface area contributed by atoms with Gasteiger partial charge in [0.15, 0.2) is 0 Å². The van der Waals surface area contributed by atoms with Crippen LogP contribution in [-0.2, 0) is 21.4 Å². The molecule has 0 radical (unpaired) electrons. The number of rotatable bonds is 7. The Bertz CT molecular complexity index is 1090. The van der Waals surface area contributed by atoms with Crippen LogP contribution in [0.3, 0.4) is 0 Å². The average Bonchev–Trinajstić information content (AvgIpc) is 2.71. The highest BCUT2D eigenvalue weighted by Crippen LogP contribution is 2.25. The molecule has 1 amide bonds. The second kappa shape index (κ2) is 9.07. The van der Waals surface area contributed by atoms with Gasteiger partial charge in [-0.05, 0) is 61.0 Å². The van der Waals surface area contributed by atoms with Gasteiger partial charge < -0.3 is 5.32 Å². The fourth-order valence-corrected chi connectivity index (χ4v) is 4.25. The Labute approximate surface area is 175 Å². The van der Waals surface area contributed by atoms with E-state index in [9.17, 15) is 13.2 Å². The Morgan fingerprint density at radius 3 is 2.48 bits per heavy atom. The molecule has 1 heterocycles. The number of benzene rings is 2. The first-order chi connectivity index (χ1) is 13.9. The minimum absolute atomic E-state index is 0.0564. The molecule has 1 aromatic heterocycles. The van der Waals surface area contributed by atoms with E-state index in [1.165, 1.54) is 24.3 Å². The maximum atomic E-state index is 13.3. The Kier molecular flexibility index (Phi) is 6.51. The number of pyridine rings is 1. The zero-order chi connectivity index (χ0) is 20.9. The molecule has 1 N–H and O–H groups in total. The maximum absolute atomic E-state index is 13.3. The largest absolute Gasteiger partial charge is 0.349 e. The number of nitrogens with one attached hydrogen (secondary N) is 1. The highest BCUT2D eigenvalue weighted by atomic mass is 35.5. The van der Waals surface area contributed by atoms with Crippen molar-refractivity contribution >= 4 is 33.2 Å². The summed E-state index contributed by atoms with van der Waals surface area (Å²) in [5.41, 5.74) is 1.98. The van der Waals surface area contributed by atoms with Crippen molar-refractivity contribution in [3.63, 3.8) is 0 Å². The summed E-state index contributed by atoms with van der Waals surface area (Å²) in [5, 5.41) is 3.15. The second-order valence-electron chi connectivity index (χ2n) is 6.40. The molecule has 0 atom stereocenters. The SMILES string of the molecule is Cc1cccc(N(CC(=O)NCc2ccccn2)S(=O)(=O)c2ccc(Cl)cc2)c1. The van der Waals surface area contributed by atoms with Gasteiger partial charge in [-0.1, -0.05) is 29.8 Å². The molecule has 3 rings (SSSR count). The van der Waals surface area contributed by atoms with Gasteiger partial charge in [-0.25, -0.2) is 8.42 Å². The minimum atomic E-state index is -3.97. The van der Waals surface area contributed by atoms with Crippen LogP contribution in [0.25, 0.3) is 0 Å². The van der Waals surface area contributed by atoms with Crippen molar-refractivity contribution in [3.05, 3.63) is 89.2 Å². The van der Waals surface area contributed by atoms with Crippen LogP contribution in [-0.4, -0.2) is 25.9 Å². The normalized spacial score (nSPS) is 11.1. The average molecular weight is 430 g/mol. The van der Waals surface area contributed by atoms with Crippen molar-refractivity contribution in [1.29, 1.82) is 0 Å².